The normalized spacial score (nSPS) is 13.2. The van der Waals surface area contributed by atoms with E-state index in [1.807, 2.05) is 25.2 Å². The predicted molar refractivity (Wildman–Crippen MR) is 146 cm³/mol. The number of benzene rings is 4. The number of H-pyrrole nitrogens is 2. The minimum absolute atomic E-state index is 0.950. The Morgan fingerprint density at radius 1 is 0.771 bits per heavy atom. The van der Waals surface area contributed by atoms with Crippen LogP contribution in [0.3, 0.4) is 0 Å². The van der Waals surface area contributed by atoms with Crippen LogP contribution in [0.5, 0.6) is 0 Å². The van der Waals surface area contributed by atoms with E-state index < -0.39 is 0 Å². The van der Waals surface area contributed by atoms with Crippen molar-refractivity contribution in [3.05, 3.63) is 83.6 Å². The Labute approximate surface area is 205 Å². The first-order chi connectivity index (χ1) is 17.1. The summed E-state index contributed by atoms with van der Waals surface area (Å²) in [6.45, 7) is 4.07. The summed E-state index contributed by atoms with van der Waals surface area (Å²) in [5.74, 6) is 1.95. The lowest BCUT2D eigenvalue weighted by Gasteiger charge is -2.15. The molecule has 0 amide bonds. The van der Waals surface area contributed by atoms with Gasteiger partial charge in [-0.2, -0.15) is 0 Å². The minimum atomic E-state index is 0.950. The van der Waals surface area contributed by atoms with Gasteiger partial charge in [0, 0.05) is 31.6 Å². The van der Waals surface area contributed by atoms with Crippen LogP contribution in [0.4, 0.5) is 0 Å². The van der Waals surface area contributed by atoms with Crippen LogP contribution in [-0.2, 0) is 12.8 Å². The van der Waals surface area contributed by atoms with Crippen LogP contribution < -0.4 is 0 Å². The van der Waals surface area contributed by atoms with Crippen LogP contribution in [0.2, 0.25) is 0 Å². The zero-order valence-corrected chi connectivity index (χ0v) is 20.3. The summed E-state index contributed by atoms with van der Waals surface area (Å²) in [4.78, 5) is 17.9. The van der Waals surface area contributed by atoms with E-state index in [0.29, 0.717) is 0 Å². The lowest BCUT2D eigenvalue weighted by Crippen LogP contribution is -2.03. The first-order valence-electron chi connectivity index (χ1n) is 12.1. The third-order valence-electron chi connectivity index (χ3n) is 7.43. The average Bonchev–Trinajstić information content (AvgIpc) is 3.59. The Hall–Kier alpha value is -3.96. The molecule has 4 aromatic carbocycles. The van der Waals surface area contributed by atoms with Crippen LogP contribution in [0.1, 0.15) is 22.9 Å². The van der Waals surface area contributed by atoms with Gasteiger partial charge in [0.05, 0.1) is 16.7 Å². The maximum Gasteiger partial charge on any atom is 0.104 e. The van der Waals surface area contributed by atoms with Crippen LogP contribution in [-0.4, -0.2) is 19.9 Å². The van der Waals surface area contributed by atoms with E-state index in [-0.39, 0.29) is 0 Å². The predicted octanol–water partition coefficient (Wildman–Crippen LogP) is 7.86. The number of hydrogen-bond acceptors (Lipinski definition) is 3. The highest BCUT2D eigenvalue weighted by Crippen LogP contribution is 2.43. The zero-order chi connectivity index (χ0) is 23.3. The fourth-order valence-corrected chi connectivity index (χ4v) is 7.14. The minimum Gasteiger partial charge on any atom is -0.346 e. The van der Waals surface area contributed by atoms with Gasteiger partial charge in [0.2, 0.25) is 0 Å². The number of aryl methyl sites for hydroxylation is 4. The van der Waals surface area contributed by atoms with E-state index >= 15 is 0 Å². The SMILES string of the molecule is Cc1nc2c([nH]1)CCc1c-2ccc2cc(-c3ccc4c(c3)c3ccccc3c3nc(C)[nH]c43)sc12. The van der Waals surface area contributed by atoms with Crippen molar-refractivity contribution >= 4 is 54.0 Å². The number of aromatic nitrogens is 4. The Balaban J connectivity index is 1.36. The van der Waals surface area contributed by atoms with Gasteiger partial charge in [-0.1, -0.05) is 48.5 Å². The summed E-state index contributed by atoms with van der Waals surface area (Å²) >= 11 is 1.91. The summed E-state index contributed by atoms with van der Waals surface area (Å²) < 4.78 is 1.40. The number of aromatic amines is 2. The Bertz CT molecular complexity index is 1990. The highest BCUT2D eigenvalue weighted by Gasteiger charge is 2.23. The van der Waals surface area contributed by atoms with E-state index in [1.54, 1.807) is 0 Å². The number of hydrogen-bond donors (Lipinski definition) is 2. The number of fused-ring (bicyclic) bond motifs is 11. The standard InChI is InChI=1S/C30H22N4S/c1-15-31-25-12-11-23-21(27(25)32-15)10-8-18-14-26(35-30(18)23)17-7-9-22-24(13-17)19-5-3-4-6-20(19)28-29(22)34-16(2)33-28/h3-10,13-14H,11-12H2,1-2H3,(H,31,32)(H,33,34). The molecule has 7 aromatic rings. The van der Waals surface area contributed by atoms with Gasteiger partial charge in [-0.15, -0.1) is 11.3 Å². The van der Waals surface area contributed by atoms with Gasteiger partial charge >= 0.3 is 0 Å². The van der Waals surface area contributed by atoms with Gasteiger partial charge in [0.1, 0.15) is 11.6 Å². The van der Waals surface area contributed by atoms with Crippen molar-refractivity contribution in [3.8, 4) is 21.7 Å². The van der Waals surface area contributed by atoms with Crippen molar-refractivity contribution in [2.24, 2.45) is 0 Å². The number of nitrogens with zero attached hydrogens (tertiary/aromatic N) is 2. The van der Waals surface area contributed by atoms with E-state index in [1.165, 1.54) is 58.9 Å². The molecule has 0 radical (unpaired) electrons. The molecule has 0 saturated heterocycles. The molecule has 1 aliphatic carbocycles. The van der Waals surface area contributed by atoms with Crippen LogP contribution in [0.15, 0.2) is 60.7 Å². The fraction of sp³-hybridized carbons (Fsp3) is 0.133. The molecule has 5 heteroatoms. The van der Waals surface area contributed by atoms with Gasteiger partial charge in [0.15, 0.2) is 0 Å². The smallest absolute Gasteiger partial charge is 0.104 e. The highest BCUT2D eigenvalue weighted by atomic mass is 32.1. The highest BCUT2D eigenvalue weighted by molar-refractivity contribution is 7.22. The maximum absolute atomic E-state index is 4.80. The zero-order valence-electron chi connectivity index (χ0n) is 19.5. The first kappa shape index (κ1) is 19.4. The Morgan fingerprint density at radius 3 is 2.54 bits per heavy atom. The molecule has 8 rings (SSSR count). The largest absolute Gasteiger partial charge is 0.346 e. The third-order valence-corrected chi connectivity index (χ3v) is 8.69. The van der Waals surface area contributed by atoms with Gasteiger partial charge in [-0.3, -0.25) is 0 Å². The second-order valence-electron chi connectivity index (χ2n) is 9.62. The third kappa shape index (κ3) is 2.67. The molecule has 0 atom stereocenters. The van der Waals surface area contributed by atoms with Crippen LogP contribution >= 0.6 is 11.3 Å². The number of rotatable bonds is 1. The lowest BCUT2D eigenvalue weighted by molar-refractivity contribution is 0.913. The monoisotopic (exact) mass is 470 g/mol. The Kier molecular flexibility index (Phi) is 3.76. The fourth-order valence-electron chi connectivity index (χ4n) is 5.91. The van der Waals surface area contributed by atoms with Crippen LogP contribution in [0.25, 0.3) is 64.4 Å². The van der Waals surface area contributed by atoms with Crippen LogP contribution in [0, 0.1) is 13.8 Å². The van der Waals surface area contributed by atoms with Crippen molar-refractivity contribution in [2.75, 3.05) is 0 Å². The molecule has 3 heterocycles. The molecule has 0 bridgehead atoms. The molecule has 4 nitrogen and oxygen atoms in total. The topological polar surface area (TPSA) is 57.4 Å². The molecular formula is C30H22N4S. The molecule has 0 saturated carbocycles. The summed E-state index contributed by atoms with van der Waals surface area (Å²) in [5.41, 5.74) is 8.58. The molecule has 35 heavy (non-hydrogen) atoms. The average molecular weight is 471 g/mol. The van der Waals surface area contributed by atoms with Gasteiger partial charge in [-0.05, 0) is 66.1 Å². The number of thiophene rings is 1. The second kappa shape index (κ2) is 6.80. The summed E-state index contributed by atoms with van der Waals surface area (Å²) in [6.07, 6.45) is 2.08. The molecule has 168 valence electrons. The van der Waals surface area contributed by atoms with Crippen molar-refractivity contribution < 1.29 is 0 Å². The van der Waals surface area contributed by atoms with Crippen molar-refractivity contribution in [2.45, 2.75) is 26.7 Å². The lowest BCUT2D eigenvalue weighted by atomic mass is 9.91. The van der Waals surface area contributed by atoms with E-state index in [9.17, 15) is 0 Å². The van der Waals surface area contributed by atoms with E-state index in [2.05, 4.69) is 70.6 Å². The molecule has 3 aromatic heterocycles. The van der Waals surface area contributed by atoms with Crippen molar-refractivity contribution in [3.63, 3.8) is 0 Å². The summed E-state index contributed by atoms with van der Waals surface area (Å²) in [6, 6.07) is 22.4. The maximum atomic E-state index is 4.80. The number of imidazole rings is 2. The molecule has 0 fully saturated rings. The quantitative estimate of drug-likeness (QED) is 0.240. The van der Waals surface area contributed by atoms with Crippen molar-refractivity contribution in [1.82, 2.24) is 19.9 Å². The molecule has 1 aliphatic rings. The summed E-state index contributed by atoms with van der Waals surface area (Å²) in [5, 5.41) is 6.27. The second-order valence-corrected chi connectivity index (χ2v) is 10.7. The molecule has 0 spiro atoms. The number of nitrogens with one attached hydrogen (secondary N) is 2. The Morgan fingerprint density at radius 2 is 1.63 bits per heavy atom. The van der Waals surface area contributed by atoms with Crippen molar-refractivity contribution in [1.29, 1.82) is 0 Å². The molecule has 2 N–H and O–H groups in total. The molecule has 0 unspecified atom stereocenters. The summed E-state index contributed by atoms with van der Waals surface area (Å²) in [7, 11) is 0. The van der Waals surface area contributed by atoms with Gasteiger partial charge < -0.3 is 9.97 Å². The molecule has 0 aliphatic heterocycles. The van der Waals surface area contributed by atoms with Gasteiger partial charge in [-0.25, -0.2) is 9.97 Å². The first-order valence-corrected chi connectivity index (χ1v) is 12.9. The van der Waals surface area contributed by atoms with E-state index in [4.69, 9.17) is 9.97 Å². The van der Waals surface area contributed by atoms with E-state index in [0.717, 1.165) is 41.2 Å². The molecular weight excluding hydrogens is 448 g/mol. The van der Waals surface area contributed by atoms with Gasteiger partial charge in [0.25, 0.3) is 0 Å².